The maximum Gasteiger partial charge on any atom is 0.252 e. The normalized spacial score (nSPS) is 53.5. The molecule has 0 aromatic carbocycles. The summed E-state index contributed by atoms with van der Waals surface area (Å²) in [7, 11) is 0. The first-order valence-corrected chi connectivity index (χ1v) is 12.4. The molecule has 18 nitrogen and oxygen atoms in total. The summed E-state index contributed by atoms with van der Waals surface area (Å²) >= 11 is 0. The maximum absolute atomic E-state index is 12.8. The van der Waals surface area contributed by atoms with Gasteiger partial charge in [0.15, 0.2) is 12.4 Å². The Morgan fingerprint density at radius 1 is 0.641 bits per heavy atom. The molecule has 5 aliphatic heterocycles. The van der Waals surface area contributed by atoms with Gasteiger partial charge in [-0.05, 0) is 0 Å². The number of aliphatic hydroxyl groups is 12. The van der Waals surface area contributed by atoms with Gasteiger partial charge >= 0.3 is 0 Å². The van der Waals surface area contributed by atoms with Crippen LogP contribution in [0.2, 0.25) is 0 Å². The van der Waals surface area contributed by atoms with Crippen molar-refractivity contribution in [3.63, 3.8) is 0 Å². The number of aliphatic hydroxyl groups excluding tert-OH is 12. The molecule has 0 aromatic rings. The molecule has 5 rings (SSSR count). The van der Waals surface area contributed by atoms with Crippen molar-refractivity contribution in [1.82, 2.24) is 10.2 Å². The van der Waals surface area contributed by atoms with Gasteiger partial charge in [-0.2, -0.15) is 0 Å². The zero-order valence-electron chi connectivity index (χ0n) is 20.4. The van der Waals surface area contributed by atoms with E-state index in [2.05, 4.69) is 5.32 Å². The van der Waals surface area contributed by atoms with Crippen LogP contribution in [0.15, 0.2) is 0 Å². The van der Waals surface area contributed by atoms with Crippen molar-refractivity contribution in [3.05, 3.63) is 0 Å². The fourth-order valence-corrected chi connectivity index (χ4v) is 5.72. The fraction of sp³-hybridized carbons (Fsp3) is 0.952. The Kier molecular flexibility index (Phi) is 9.45. The van der Waals surface area contributed by atoms with Crippen LogP contribution in [0, 0.1) is 0 Å². The first-order valence-electron chi connectivity index (χ1n) is 12.4. The number of nitrogens with one attached hydrogen (secondary N) is 1. The summed E-state index contributed by atoms with van der Waals surface area (Å²) in [4.78, 5) is 13.7. The maximum atomic E-state index is 12.8. The third kappa shape index (κ3) is 5.18. The molecule has 13 N–H and O–H groups in total. The van der Waals surface area contributed by atoms with Crippen LogP contribution in [0.1, 0.15) is 0 Å². The van der Waals surface area contributed by atoms with E-state index in [1.807, 2.05) is 0 Å². The van der Waals surface area contributed by atoms with E-state index < -0.39 is 130 Å². The second-order valence-electron chi connectivity index (χ2n) is 10.2. The summed E-state index contributed by atoms with van der Waals surface area (Å²) in [5, 5.41) is 128. The van der Waals surface area contributed by atoms with Crippen LogP contribution in [-0.4, -0.2) is 196 Å². The molecule has 226 valence electrons. The van der Waals surface area contributed by atoms with Crippen LogP contribution in [0.25, 0.3) is 0 Å². The van der Waals surface area contributed by atoms with Gasteiger partial charge in [-0.15, -0.1) is 0 Å². The Hall–Kier alpha value is -1.17. The Balaban J connectivity index is 1.80. The number of amides is 1. The minimum absolute atomic E-state index is 0.826. The number of fused-ring (bicyclic) bond motifs is 6. The highest BCUT2D eigenvalue weighted by Gasteiger charge is 2.60. The standard InChI is InChI=1S/C21H36N2O16/c24-1-4-9(27)12(30)8-13(31)14(32)16(34)19(36)22-7-11(29)10(28)5(2-25)38-21(7)39-18-6(3-26)37-20(23(4)8)17(35)15(18)33/h4-18,20-21,24-35H,1-3H2,(H,22,36)/t4?,5?,6?,7?,8?,9?,10?,11?,12?,13?,14?,15?,16?,17?,18?,20?,21-/m0/s1. The number of carbonyl (C=O) groups is 1. The molecule has 17 atom stereocenters. The van der Waals surface area contributed by atoms with Crippen molar-refractivity contribution in [3.8, 4) is 0 Å². The van der Waals surface area contributed by atoms with E-state index in [1.165, 1.54) is 0 Å². The number of carbonyl (C=O) groups excluding carboxylic acids is 1. The van der Waals surface area contributed by atoms with Gasteiger partial charge in [0.2, 0.25) is 0 Å². The summed E-state index contributed by atoms with van der Waals surface area (Å²) in [6.45, 7) is -2.58. The second-order valence-corrected chi connectivity index (χ2v) is 10.2. The van der Waals surface area contributed by atoms with Gasteiger partial charge in [0.1, 0.15) is 67.2 Å². The first-order chi connectivity index (χ1) is 18.4. The zero-order valence-corrected chi connectivity index (χ0v) is 20.4. The van der Waals surface area contributed by atoms with E-state index in [0.29, 0.717) is 0 Å². The lowest BCUT2D eigenvalue weighted by Crippen LogP contribution is -2.71. The monoisotopic (exact) mass is 572 g/mol. The van der Waals surface area contributed by atoms with Crippen LogP contribution in [0.3, 0.4) is 0 Å². The summed E-state index contributed by atoms with van der Waals surface area (Å²) in [6, 6.07) is -4.99. The van der Waals surface area contributed by atoms with E-state index >= 15 is 0 Å². The van der Waals surface area contributed by atoms with E-state index in [1.54, 1.807) is 0 Å². The number of hydrogen-bond donors (Lipinski definition) is 13. The SMILES string of the molecule is O=C1NC2C(O)C(O)C(CO)O[C@H]2OC2C(CO)OC(C(O)C2O)N2C(CO)C(O)C(O)C2C(O)C(O)C1O. The van der Waals surface area contributed by atoms with Crippen molar-refractivity contribution in [1.29, 1.82) is 0 Å². The van der Waals surface area contributed by atoms with Gasteiger partial charge < -0.3 is 80.8 Å². The van der Waals surface area contributed by atoms with Gasteiger partial charge in [-0.25, -0.2) is 0 Å². The first kappa shape index (κ1) is 30.8. The number of rotatable bonds is 3. The third-order valence-corrected chi connectivity index (χ3v) is 7.91. The molecule has 0 aromatic heterocycles. The van der Waals surface area contributed by atoms with E-state index in [0.717, 1.165) is 4.90 Å². The topological polar surface area (TPSA) is 303 Å². The largest absolute Gasteiger partial charge is 0.395 e. The molecule has 0 radical (unpaired) electrons. The molecule has 1 amide bonds. The lowest BCUT2D eigenvalue weighted by molar-refractivity contribution is -0.337. The fourth-order valence-electron chi connectivity index (χ4n) is 5.72. The predicted molar refractivity (Wildman–Crippen MR) is 119 cm³/mol. The quantitative estimate of drug-likeness (QED) is 0.149. The molecular formula is C21H36N2O16. The minimum Gasteiger partial charge on any atom is -0.395 e. The summed E-state index contributed by atoms with van der Waals surface area (Å²) in [6.07, 6.45) is -26.6. The molecule has 5 saturated heterocycles. The average Bonchev–Trinajstić information content (AvgIpc) is 3.17. The summed E-state index contributed by atoms with van der Waals surface area (Å²) in [5.74, 6) is -1.41. The van der Waals surface area contributed by atoms with Crippen molar-refractivity contribution in [2.24, 2.45) is 0 Å². The van der Waals surface area contributed by atoms with Crippen LogP contribution in [0.4, 0.5) is 0 Å². The zero-order chi connectivity index (χ0) is 28.9. The average molecular weight is 573 g/mol. The highest BCUT2D eigenvalue weighted by molar-refractivity contribution is 5.81. The molecule has 16 unspecified atom stereocenters. The Labute approximate surface area is 220 Å². The summed E-state index contributed by atoms with van der Waals surface area (Å²) in [5.41, 5.74) is 0. The Morgan fingerprint density at radius 2 is 1.26 bits per heavy atom. The van der Waals surface area contributed by atoms with E-state index in [9.17, 15) is 66.1 Å². The Morgan fingerprint density at radius 3 is 1.85 bits per heavy atom. The third-order valence-electron chi connectivity index (χ3n) is 7.91. The molecule has 5 fully saturated rings. The molecule has 0 saturated carbocycles. The van der Waals surface area contributed by atoms with Crippen LogP contribution in [0.5, 0.6) is 0 Å². The van der Waals surface area contributed by atoms with Gasteiger partial charge in [0.25, 0.3) is 5.91 Å². The molecular weight excluding hydrogens is 536 g/mol. The van der Waals surface area contributed by atoms with Gasteiger partial charge in [-0.1, -0.05) is 0 Å². The molecule has 18 heteroatoms. The Bertz CT molecular complexity index is 855. The van der Waals surface area contributed by atoms with Crippen molar-refractivity contribution in [2.75, 3.05) is 19.8 Å². The molecule has 5 heterocycles. The van der Waals surface area contributed by atoms with Crippen LogP contribution in [-0.2, 0) is 19.0 Å². The lowest BCUT2D eigenvalue weighted by atomic mass is 9.92. The second kappa shape index (κ2) is 12.0. The highest BCUT2D eigenvalue weighted by Crippen LogP contribution is 2.37. The molecule has 2 bridgehead atoms. The van der Waals surface area contributed by atoms with Crippen molar-refractivity contribution in [2.45, 2.75) is 104 Å². The number of nitrogens with zero attached hydrogens (tertiary/aromatic N) is 1. The van der Waals surface area contributed by atoms with E-state index in [-0.39, 0.29) is 0 Å². The van der Waals surface area contributed by atoms with Crippen molar-refractivity contribution >= 4 is 5.91 Å². The number of hydrogen-bond acceptors (Lipinski definition) is 17. The molecule has 5 aliphatic rings. The predicted octanol–water partition coefficient (Wildman–Crippen LogP) is -9.40. The van der Waals surface area contributed by atoms with Gasteiger partial charge in [0.05, 0.1) is 44.1 Å². The highest BCUT2D eigenvalue weighted by atomic mass is 16.7. The minimum atomic E-state index is -2.44. The van der Waals surface area contributed by atoms with E-state index in [4.69, 9.17) is 14.2 Å². The van der Waals surface area contributed by atoms with Gasteiger partial charge in [0, 0.05) is 0 Å². The molecule has 0 aliphatic carbocycles. The number of ether oxygens (including phenoxy) is 3. The molecule has 39 heavy (non-hydrogen) atoms. The van der Waals surface area contributed by atoms with Gasteiger partial charge in [-0.3, -0.25) is 9.69 Å². The van der Waals surface area contributed by atoms with Crippen LogP contribution >= 0.6 is 0 Å². The molecule has 0 spiro atoms. The summed E-state index contributed by atoms with van der Waals surface area (Å²) < 4.78 is 16.9. The lowest BCUT2D eigenvalue weighted by Gasteiger charge is -2.51. The smallest absolute Gasteiger partial charge is 0.252 e. The van der Waals surface area contributed by atoms with Crippen LogP contribution < -0.4 is 5.32 Å². The van der Waals surface area contributed by atoms with Crippen molar-refractivity contribution < 1.29 is 80.3 Å².